The van der Waals surface area contributed by atoms with Crippen molar-refractivity contribution in [2.24, 2.45) is 0 Å². The summed E-state index contributed by atoms with van der Waals surface area (Å²) in [7, 11) is 1.82. The Morgan fingerprint density at radius 3 is 2.61 bits per heavy atom. The van der Waals surface area contributed by atoms with Crippen molar-refractivity contribution in [2.75, 3.05) is 49.6 Å². The van der Waals surface area contributed by atoms with Gasteiger partial charge in [0.25, 0.3) is 5.91 Å². The van der Waals surface area contributed by atoms with Crippen molar-refractivity contribution < 1.29 is 14.4 Å². The van der Waals surface area contributed by atoms with E-state index in [9.17, 15) is 14.4 Å². The van der Waals surface area contributed by atoms with Gasteiger partial charge in [-0.2, -0.15) is 0 Å². The molecule has 36 heavy (non-hydrogen) atoms. The van der Waals surface area contributed by atoms with Crippen molar-refractivity contribution in [3.8, 4) is 11.1 Å². The molecule has 2 saturated heterocycles. The van der Waals surface area contributed by atoms with E-state index in [2.05, 4.69) is 16.0 Å². The number of carbonyl (C=O) groups excluding carboxylic acids is 3. The Labute approximate surface area is 213 Å². The van der Waals surface area contributed by atoms with Crippen LogP contribution in [-0.4, -0.2) is 78.3 Å². The Hall–Kier alpha value is -3.56. The van der Waals surface area contributed by atoms with E-state index in [1.165, 1.54) is 11.3 Å². The van der Waals surface area contributed by atoms with Crippen LogP contribution in [0.2, 0.25) is 0 Å². The lowest BCUT2D eigenvalue weighted by atomic mass is 9.99. The molecule has 0 radical (unpaired) electrons. The second kappa shape index (κ2) is 9.15. The van der Waals surface area contributed by atoms with Crippen LogP contribution >= 0.6 is 11.3 Å². The van der Waals surface area contributed by atoms with E-state index in [0.717, 1.165) is 41.2 Å². The predicted molar refractivity (Wildman–Crippen MR) is 139 cm³/mol. The minimum absolute atomic E-state index is 0.00895. The lowest BCUT2D eigenvalue weighted by Crippen LogP contribution is -2.52. The quantitative estimate of drug-likeness (QED) is 0.550. The third-order valence-corrected chi connectivity index (χ3v) is 8.24. The molecular formula is C27H27N5O3S. The fraction of sp³-hybridized carbons (Fsp3) is 0.333. The van der Waals surface area contributed by atoms with Crippen molar-refractivity contribution in [1.82, 2.24) is 14.8 Å². The number of benzene rings is 2. The molecule has 4 heterocycles. The molecule has 0 aliphatic carbocycles. The zero-order chi connectivity index (χ0) is 24.8. The maximum Gasteiger partial charge on any atom is 0.282 e. The Morgan fingerprint density at radius 2 is 1.83 bits per heavy atom. The molecule has 1 aromatic heterocycles. The summed E-state index contributed by atoms with van der Waals surface area (Å²) in [4.78, 5) is 49.9. The minimum atomic E-state index is -0.00895. The number of carbonyl (C=O) groups is 3. The molecule has 2 fully saturated rings. The first-order chi connectivity index (χ1) is 17.5. The fourth-order valence-corrected chi connectivity index (χ4v) is 6.15. The average Bonchev–Trinajstić information content (AvgIpc) is 3.64. The molecule has 6 rings (SSSR count). The highest BCUT2D eigenvalue weighted by Gasteiger charge is 2.36. The molecule has 1 unspecified atom stereocenters. The number of piperazine rings is 1. The number of hydrogen-bond donors (Lipinski definition) is 0. The van der Waals surface area contributed by atoms with Gasteiger partial charge in [0.05, 0.1) is 12.1 Å². The van der Waals surface area contributed by atoms with E-state index in [1.807, 2.05) is 58.6 Å². The monoisotopic (exact) mass is 501 g/mol. The van der Waals surface area contributed by atoms with Gasteiger partial charge in [0, 0.05) is 75.1 Å². The van der Waals surface area contributed by atoms with Crippen LogP contribution in [0.4, 0.5) is 11.4 Å². The Kier molecular flexibility index (Phi) is 5.81. The number of para-hydroxylation sites is 1. The van der Waals surface area contributed by atoms with E-state index in [1.54, 1.807) is 11.1 Å². The third kappa shape index (κ3) is 3.98. The third-order valence-electron chi connectivity index (χ3n) is 7.48. The first kappa shape index (κ1) is 22.9. The largest absolute Gasteiger partial charge is 0.334 e. The summed E-state index contributed by atoms with van der Waals surface area (Å²) in [6, 6.07) is 14.2. The number of amides is 3. The Balaban J connectivity index is 1.16. The summed E-state index contributed by atoms with van der Waals surface area (Å²) in [6.45, 7) is 3.42. The van der Waals surface area contributed by atoms with Crippen LogP contribution in [0, 0.1) is 0 Å². The van der Waals surface area contributed by atoms with Gasteiger partial charge in [-0.25, -0.2) is 4.98 Å². The summed E-state index contributed by atoms with van der Waals surface area (Å²) in [5.74, 6) is 0.203. The van der Waals surface area contributed by atoms with E-state index < -0.39 is 0 Å². The first-order valence-electron chi connectivity index (χ1n) is 12.2. The van der Waals surface area contributed by atoms with Crippen LogP contribution in [0.5, 0.6) is 0 Å². The van der Waals surface area contributed by atoms with Crippen molar-refractivity contribution in [3.05, 3.63) is 64.6 Å². The molecular weight excluding hydrogens is 474 g/mol. The molecule has 3 aliphatic rings. The molecule has 184 valence electrons. The number of anilines is 2. The van der Waals surface area contributed by atoms with Gasteiger partial charge in [0.2, 0.25) is 11.8 Å². The van der Waals surface area contributed by atoms with Crippen LogP contribution < -0.4 is 9.80 Å². The minimum Gasteiger partial charge on any atom is -0.334 e. The van der Waals surface area contributed by atoms with Crippen LogP contribution in [0.25, 0.3) is 11.1 Å². The highest BCUT2D eigenvalue weighted by molar-refractivity contribution is 7.11. The lowest BCUT2D eigenvalue weighted by Gasteiger charge is -2.37. The summed E-state index contributed by atoms with van der Waals surface area (Å²) in [5, 5.41) is 2.35. The molecule has 0 saturated carbocycles. The van der Waals surface area contributed by atoms with E-state index in [-0.39, 0.29) is 23.8 Å². The molecule has 3 aromatic rings. The SMILES string of the molecule is CN1C(=O)Cc2cccc(-c3cccc(N4CC(N5CCN(C(=O)c6nccs6)CC5)CC4=O)c3)c21. The number of hydrogen-bond acceptors (Lipinski definition) is 6. The first-order valence-corrected chi connectivity index (χ1v) is 13.1. The van der Waals surface area contributed by atoms with Crippen molar-refractivity contribution >= 4 is 40.4 Å². The normalized spacial score (nSPS) is 20.4. The molecule has 3 aliphatic heterocycles. The molecule has 0 N–H and O–H groups in total. The fourth-order valence-electron chi connectivity index (χ4n) is 5.55. The summed E-state index contributed by atoms with van der Waals surface area (Å²) in [5.41, 5.74) is 4.87. The van der Waals surface area contributed by atoms with E-state index in [4.69, 9.17) is 0 Å². The number of likely N-dealkylation sites (N-methyl/N-ethyl adjacent to an activating group) is 1. The zero-order valence-corrected chi connectivity index (χ0v) is 20.9. The van der Waals surface area contributed by atoms with Crippen molar-refractivity contribution in [3.63, 3.8) is 0 Å². The molecule has 3 amide bonds. The van der Waals surface area contributed by atoms with Crippen LogP contribution in [0.15, 0.2) is 54.0 Å². The number of thiazole rings is 1. The molecule has 2 aromatic carbocycles. The van der Waals surface area contributed by atoms with Gasteiger partial charge in [-0.3, -0.25) is 19.3 Å². The number of aromatic nitrogens is 1. The van der Waals surface area contributed by atoms with Crippen molar-refractivity contribution in [2.45, 2.75) is 18.9 Å². The Morgan fingerprint density at radius 1 is 1.03 bits per heavy atom. The molecule has 0 bridgehead atoms. The summed E-state index contributed by atoms with van der Waals surface area (Å²) in [6.07, 6.45) is 2.56. The number of fused-ring (bicyclic) bond motifs is 1. The number of rotatable bonds is 4. The second-order valence-electron chi connectivity index (χ2n) is 9.52. The molecule has 0 spiro atoms. The van der Waals surface area contributed by atoms with Gasteiger partial charge in [-0.1, -0.05) is 30.3 Å². The van der Waals surface area contributed by atoms with Gasteiger partial charge in [0.15, 0.2) is 5.01 Å². The van der Waals surface area contributed by atoms with Gasteiger partial charge in [-0.05, 0) is 23.3 Å². The van der Waals surface area contributed by atoms with Gasteiger partial charge < -0.3 is 14.7 Å². The summed E-state index contributed by atoms with van der Waals surface area (Å²) < 4.78 is 0. The Bertz CT molecular complexity index is 1330. The molecule has 1 atom stereocenters. The van der Waals surface area contributed by atoms with Crippen LogP contribution in [0.3, 0.4) is 0 Å². The van der Waals surface area contributed by atoms with Gasteiger partial charge in [0.1, 0.15) is 0 Å². The average molecular weight is 502 g/mol. The van der Waals surface area contributed by atoms with Crippen LogP contribution in [0.1, 0.15) is 21.8 Å². The summed E-state index contributed by atoms with van der Waals surface area (Å²) >= 11 is 1.37. The second-order valence-corrected chi connectivity index (χ2v) is 10.4. The molecule has 8 nitrogen and oxygen atoms in total. The predicted octanol–water partition coefficient (Wildman–Crippen LogP) is 2.89. The lowest BCUT2D eigenvalue weighted by molar-refractivity contribution is -0.118. The van der Waals surface area contributed by atoms with Crippen molar-refractivity contribution in [1.29, 1.82) is 0 Å². The van der Waals surface area contributed by atoms with Gasteiger partial charge in [-0.15, -0.1) is 11.3 Å². The van der Waals surface area contributed by atoms with Gasteiger partial charge >= 0.3 is 0 Å². The highest BCUT2D eigenvalue weighted by Crippen LogP contribution is 2.39. The topological polar surface area (TPSA) is 77.1 Å². The van der Waals surface area contributed by atoms with Crippen LogP contribution in [-0.2, 0) is 16.0 Å². The van der Waals surface area contributed by atoms with E-state index in [0.29, 0.717) is 37.5 Å². The maximum absolute atomic E-state index is 13.1. The smallest absolute Gasteiger partial charge is 0.282 e. The maximum atomic E-state index is 13.1. The standard InChI is InChI=1S/C27H27N5O3S/c1-29-23(33)15-19-5-3-7-22(25(19)29)18-4-2-6-20(14-18)32-17-21(16-24(32)34)30-9-11-31(12-10-30)27(35)26-28-8-13-36-26/h2-8,13-14,21H,9-12,15-17H2,1H3. The molecule has 9 heteroatoms. The number of nitrogens with zero attached hydrogens (tertiary/aromatic N) is 5. The van der Waals surface area contributed by atoms with E-state index >= 15 is 0 Å². The zero-order valence-electron chi connectivity index (χ0n) is 20.1. The highest BCUT2D eigenvalue weighted by atomic mass is 32.1.